The van der Waals surface area contributed by atoms with Gasteiger partial charge in [0.25, 0.3) is 0 Å². The lowest BCUT2D eigenvalue weighted by atomic mass is 9.93. The molecule has 4 nitrogen and oxygen atoms in total. The fourth-order valence-corrected chi connectivity index (χ4v) is 2.52. The van der Waals surface area contributed by atoms with Crippen LogP contribution in [0, 0.1) is 5.41 Å². The van der Waals surface area contributed by atoms with Crippen molar-refractivity contribution in [3.63, 3.8) is 0 Å². The normalized spacial score (nSPS) is 27.4. The number of halogens is 1. The van der Waals surface area contributed by atoms with Crippen molar-refractivity contribution in [3.8, 4) is 0 Å². The fraction of sp³-hybridized carbons (Fsp3) is 0.800. The van der Waals surface area contributed by atoms with Gasteiger partial charge in [0.05, 0.1) is 11.9 Å². The molecule has 0 N–H and O–H groups in total. The molecular weight excluding hydrogens is 256 g/mol. The van der Waals surface area contributed by atoms with E-state index in [1.54, 1.807) is 4.80 Å². The Morgan fingerprint density at radius 1 is 1.60 bits per heavy atom. The maximum absolute atomic E-state index is 4.30. The molecule has 2 heterocycles. The van der Waals surface area contributed by atoms with Crippen molar-refractivity contribution in [2.45, 2.75) is 19.9 Å². The number of likely N-dealkylation sites (tertiary alicyclic amines) is 1. The average Bonchev–Trinajstić information content (AvgIpc) is 2.76. The minimum absolute atomic E-state index is 0.433. The molecule has 1 atom stereocenters. The molecule has 0 amide bonds. The first-order chi connectivity index (χ1) is 7.11. The summed E-state index contributed by atoms with van der Waals surface area (Å²) in [6.45, 7) is 5.57. The molecule has 0 spiro atoms. The summed E-state index contributed by atoms with van der Waals surface area (Å²) < 4.78 is 0. The van der Waals surface area contributed by atoms with E-state index in [4.69, 9.17) is 0 Å². The molecule has 1 aromatic rings. The van der Waals surface area contributed by atoms with E-state index in [1.165, 1.54) is 13.0 Å². The zero-order valence-electron chi connectivity index (χ0n) is 9.28. The molecule has 0 radical (unpaired) electrons. The Bertz CT molecular complexity index is 338. The predicted octanol–water partition coefficient (Wildman–Crippen LogP) is 1.42. The van der Waals surface area contributed by atoms with Gasteiger partial charge in [-0.15, -0.1) is 0 Å². The highest BCUT2D eigenvalue weighted by atomic mass is 79.9. The Labute approximate surface area is 98.8 Å². The minimum Gasteiger partial charge on any atom is -0.297 e. The van der Waals surface area contributed by atoms with E-state index < -0.39 is 0 Å². The molecule has 1 aliphatic rings. The summed E-state index contributed by atoms with van der Waals surface area (Å²) in [4.78, 5) is 4.07. The van der Waals surface area contributed by atoms with Crippen LogP contribution in [0.4, 0.5) is 0 Å². The third-order valence-electron chi connectivity index (χ3n) is 2.99. The van der Waals surface area contributed by atoms with Crippen LogP contribution in [0.2, 0.25) is 0 Å². The largest absolute Gasteiger partial charge is 0.297 e. The van der Waals surface area contributed by atoms with E-state index >= 15 is 0 Å². The molecule has 1 aromatic heterocycles. The van der Waals surface area contributed by atoms with Crippen molar-refractivity contribution in [2.75, 3.05) is 18.4 Å². The van der Waals surface area contributed by atoms with Gasteiger partial charge in [-0.2, -0.15) is 15.0 Å². The van der Waals surface area contributed by atoms with Crippen molar-refractivity contribution in [2.24, 2.45) is 12.5 Å². The standard InChI is InChI=1S/C10H17BrN4/c1-10(7-11)3-4-15(8-10)6-9-5-12-14(2)13-9/h5H,3-4,6-8H2,1-2H3. The van der Waals surface area contributed by atoms with Gasteiger partial charge in [-0.25, -0.2) is 0 Å². The number of alkyl halides is 1. The van der Waals surface area contributed by atoms with Crippen LogP contribution >= 0.6 is 15.9 Å². The lowest BCUT2D eigenvalue weighted by Gasteiger charge is -2.21. The van der Waals surface area contributed by atoms with Crippen LogP contribution in [0.5, 0.6) is 0 Å². The third-order valence-corrected chi connectivity index (χ3v) is 4.35. The molecular formula is C10H17BrN4. The van der Waals surface area contributed by atoms with Gasteiger partial charge in [0.2, 0.25) is 0 Å². The van der Waals surface area contributed by atoms with Crippen molar-refractivity contribution in [1.29, 1.82) is 0 Å². The first-order valence-corrected chi connectivity index (χ1v) is 6.37. The van der Waals surface area contributed by atoms with Gasteiger partial charge in [-0.05, 0) is 18.4 Å². The summed E-state index contributed by atoms with van der Waals surface area (Å²) in [5.74, 6) is 0. The molecule has 0 bridgehead atoms. The first-order valence-electron chi connectivity index (χ1n) is 5.25. The molecule has 84 valence electrons. The summed E-state index contributed by atoms with van der Waals surface area (Å²) in [5, 5.41) is 9.47. The van der Waals surface area contributed by atoms with E-state index in [9.17, 15) is 0 Å². The van der Waals surface area contributed by atoms with Crippen LogP contribution < -0.4 is 0 Å². The molecule has 0 aromatic carbocycles. The Morgan fingerprint density at radius 2 is 2.40 bits per heavy atom. The van der Waals surface area contributed by atoms with E-state index in [0.29, 0.717) is 5.41 Å². The van der Waals surface area contributed by atoms with Gasteiger partial charge in [0.15, 0.2) is 0 Å². The number of rotatable bonds is 3. The number of hydrogen-bond donors (Lipinski definition) is 0. The van der Waals surface area contributed by atoms with Crippen LogP contribution in [0.3, 0.4) is 0 Å². The summed E-state index contributed by atoms with van der Waals surface area (Å²) in [7, 11) is 1.86. The van der Waals surface area contributed by atoms with Gasteiger partial charge < -0.3 is 0 Å². The molecule has 15 heavy (non-hydrogen) atoms. The van der Waals surface area contributed by atoms with Gasteiger partial charge in [-0.1, -0.05) is 22.9 Å². The monoisotopic (exact) mass is 272 g/mol. The Kier molecular flexibility index (Phi) is 3.11. The van der Waals surface area contributed by atoms with Gasteiger partial charge >= 0.3 is 0 Å². The van der Waals surface area contributed by atoms with Crippen molar-refractivity contribution < 1.29 is 0 Å². The fourth-order valence-electron chi connectivity index (χ4n) is 2.06. The second-order valence-corrected chi connectivity index (χ2v) is 5.29. The average molecular weight is 273 g/mol. The van der Waals surface area contributed by atoms with E-state index in [1.807, 2.05) is 13.2 Å². The highest BCUT2D eigenvalue weighted by Gasteiger charge is 2.32. The summed E-state index contributed by atoms with van der Waals surface area (Å²) in [6, 6.07) is 0. The number of nitrogens with zero attached hydrogens (tertiary/aromatic N) is 4. The van der Waals surface area contributed by atoms with Gasteiger partial charge in [0, 0.05) is 25.5 Å². The lowest BCUT2D eigenvalue weighted by Crippen LogP contribution is -2.25. The minimum atomic E-state index is 0.433. The number of hydrogen-bond acceptors (Lipinski definition) is 3. The van der Waals surface area contributed by atoms with Gasteiger partial charge in [0.1, 0.15) is 0 Å². The number of aromatic nitrogens is 3. The molecule has 0 aliphatic carbocycles. The van der Waals surface area contributed by atoms with Crippen molar-refractivity contribution in [1.82, 2.24) is 19.9 Å². The molecule has 0 saturated carbocycles. The summed E-state index contributed by atoms with van der Waals surface area (Å²) in [5.41, 5.74) is 1.50. The smallest absolute Gasteiger partial charge is 0.0967 e. The second kappa shape index (κ2) is 4.22. The SMILES string of the molecule is Cn1ncc(CN2CCC(C)(CBr)C2)n1. The highest BCUT2D eigenvalue weighted by molar-refractivity contribution is 9.09. The van der Waals surface area contributed by atoms with E-state index in [0.717, 1.165) is 24.1 Å². The maximum Gasteiger partial charge on any atom is 0.0967 e. The maximum atomic E-state index is 4.30. The molecule has 1 aliphatic heterocycles. The number of aryl methyl sites for hydroxylation is 1. The summed E-state index contributed by atoms with van der Waals surface area (Å²) >= 11 is 3.59. The predicted molar refractivity (Wildman–Crippen MR) is 62.8 cm³/mol. The van der Waals surface area contributed by atoms with Crippen LogP contribution in [0.15, 0.2) is 6.20 Å². The zero-order chi connectivity index (χ0) is 10.9. The van der Waals surface area contributed by atoms with E-state index in [2.05, 4.69) is 38.0 Å². The zero-order valence-corrected chi connectivity index (χ0v) is 10.9. The van der Waals surface area contributed by atoms with Crippen LogP contribution in [0.1, 0.15) is 19.0 Å². The molecule has 1 unspecified atom stereocenters. The topological polar surface area (TPSA) is 34.0 Å². The molecule has 1 fully saturated rings. The third kappa shape index (κ3) is 2.58. The Morgan fingerprint density at radius 3 is 2.93 bits per heavy atom. The van der Waals surface area contributed by atoms with Crippen LogP contribution in [0.25, 0.3) is 0 Å². The lowest BCUT2D eigenvalue weighted by molar-refractivity contribution is 0.284. The second-order valence-electron chi connectivity index (χ2n) is 4.73. The molecule has 2 rings (SSSR count). The quantitative estimate of drug-likeness (QED) is 0.781. The molecule has 1 saturated heterocycles. The first kappa shape index (κ1) is 11.1. The van der Waals surface area contributed by atoms with E-state index in [-0.39, 0.29) is 0 Å². The van der Waals surface area contributed by atoms with Crippen molar-refractivity contribution >= 4 is 15.9 Å². The Balaban J connectivity index is 1.92. The molecule has 5 heteroatoms. The van der Waals surface area contributed by atoms with Crippen LogP contribution in [-0.2, 0) is 13.6 Å². The van der Waals surface area contributed by atoms with Crippen LogP contribution in [-0.4, -0.2) is 38.3 Å². The van der Waals surface area contributed by atoms with Crippen molar-refractivity contribution in [3.05, 3.63) is 11.9 Å². The summed E-state index contributed by atoms with van der Waals surface area (Å²) in [6.07, 6.45) is 3.11. The van der Waals surface area contributed by atoms with Gasteiger partial charge in [-0.3, -0.25) is 4.90 Å². The Hall–Kier alpha value is -0.420. The highest BCUT2D eigenvalue weighted by Crippen LogP contribution is 2.32.